The van der Waals surface area contributed by atoms with Crippen LogP contribution in [0.25, 0.3) is 0 Å². The first-order valence-electron chi connectivity index (χ1n) is 5.30. The Hall–Kier alpha value is -2.08. The lowest BCUT2D eigenvalue weighted by Gasteiger charge is -2.13. The summed E-state index contributed by atoms with van der Waals surface area (Å²) in [7, 11) is 2.90. The molecule has 0 atom stereocenters. The summed E-state index contributed by atoms with van der Waals surface area (Å²) in [6.45, 7) is 0. The molecule has 0 bridgehead atoms. The predicted molar refractivity (Wildman–Crippen MR) is 69.8 cm³/mol. The van der Waals surface area contributed by atoms with Gasteiger partial charge in [-0.05, 0) is 12.1 Å². The second-order valence-corrected chi connectivity index (χ2v) is 3.87. The molecule has 2 aromatic rings. The Bertz CT molecular complexity index is 595. The molecule has 0 unspecified atom stereocenters. The normalized spacial score (nSPS) is 10.1. The van der Waals surface area contributed by atoms with E-state index in [4.69, 9.17) is 21.1 Å². The van der Waals surface area contributed by atoms with E-state index in [9.17, 15) is 4.39 Å². The first kappa shape index (κ1) is 13.4. The third-order valence-corrected chi connectivity index (χ3v) is 2.65. The van der Waals surface area contributed by atoms with Crippen LogP contribution >= 0.6 is 11.6 Å². The van der Waals surface area contributed by atoms with Crippen LogP contribution in [-0.4, -0.2) is 24.2 Å². The van der Waals surface area contributed by atoms with Gasteiger partial charge in [0, 0.05) is 6.07 Å². The van der Waals surface area contributed by atoms with Gasteiger partial charge in [0.25, 0.3) is 0 Å². The van der Waals surface area contributed by atoms with Gasteiger partial charge < -0.3 is 14.8 Å². The molecule has 1 N–H and O–H groups in total. The molecule has 0 spiro atoms. The molecule has 19 heavy (non-hydrogen) atoms. The van der Waals surface area contributed by atoms with Gasteiger partial charge >= 0.3 is 0 Å². The Balaban J connectivity index is 2.39. The minimum absolute atomic E-state index is 0.182. The lowest BCUT2D eigenvalue weighted by atomic mass is 10.3. The van der Waals surface area contributed by atoms with E-state index in [0.717, 1.165) is 0 Å². The van der Waals surface area contributed by atoms with Crippen LogP contribution < -0.4 is 14.8 Å². The molecule has 0 aliphatic carbocycles. The number of benzene rings is 1. The Morgan fingerprint density at radius 3 is 2.68 bits per heavy atom. The van der Waals surface area contributed by atoms with Crippen molar-refractivity contribution >= 4 is 23.1 Å². The largest absolute Gasteiger partial charge is 0.494 e. The van der Waals surface area contributed by atoms with Crippen molar-refractivity contribution in [1.82, 2.24) is 9.97 Å². The first-order valence-corrected chi connectivity index (χ1v) is 5.68. The van der Waals surface area contributed by atoms with Gasteiger partial charge in [-0.1, -0.05) is 11.6 Å². The molecular weight excluding hydrogens is 273 g/mol. The Morgan fingerprint density at radius 1 is 1.21 bits per heavy atom. The minimum Gasteiger partial charge on any atom is -0.494 e. The summed E-state index contributed by atoms with van der Waals surface area (Å²) >= 11 is 5.89. The van der Waals surface area contributed by atoms with E-state index in [1.54, 1.807) is 0 Å². The second kappa shape index (κ2) is 5.71. The molecule has 5 nitrogen and oxygen atoms in total. The smallest absolute Gasteiger partial charge is 0.199 e. The molecule has 1 aromatic heterocycles. The molecule has 2 rings (SSSR count). The Kier molecular flexibility index (Phi) is 4.01. The maximum atomic E-state index is 13.1. The summed E-state index contributed by atoms with van der Waals surface area (Å²) in [6.07, 6.45) is 1.29. The van der Waals surface area contributed by atoms with Crippen molar-refractivity contribution in [3.05, 3.63) is 35.5 Å². The number of methoxy groups -OCH3 is 2. The van der Waals surface area contributed by atoms with Crippen molar-refractivity contribution in [2.24, 2.45) is 0 Å². The van der Waals surface area contributed by atoms with Crippen molar-refractivity contribution < 1.29 is 13.9 Å². The third kappa shape index (κ3) is 2.85. The van der Waals surface area contributed by atoms with Crippen LogP contribution in [0.15, 0.2) is 24.5 Å². The monoisotopic (exact) mass is 283 g/mol. The molecule has 0 saturated heterocycles. The number of anilines is 2. The SMILES string of the molecule is COc1cc(F)ccc1Nc1ncnc(Cl)c1OC. The van der Waals surface area contributed by atoms with E-state index >= 15 is 0 Å². The number of rotatable bonds is 4. The highest BCUT2D eigenvalue weighted by atomic mass is 35.5. The van der Waals surface area contributed by atoms with Crippen LogP contribution in [0.1, 0.15) is 0 Å². The average Bonchev–Trinajstić information content (AvgIpc) is 2.41. The van der Waals surface area contributed by atoms with E-state index < -0.39 is 5.82 Å². The number of hydrogen-bond donors (Lipinski definition) is 1. The van der Waals surface area contributed by atoms with Gasteiger partial charge in [0.2, 0.25) is 0 Å². The van der Waals surface area contributed by atoms with Crippen LogP contribution in [0.3, 0.4) is 0 Å². The van der Waals surface area contributed by atoms with Gasteiger partial charge in [0.1, 0.15) is 17.9 Å². The fraction of sp³-hybridized carbons (Fsp3) is 0.167. The van der Waals surface area contributed by atoms with Crippen LogP contribution in [-0.2, 0) is 0 Å². The number of halogens is 2. The number of aromatic nitrogens is 2. The summed E-state index contributed by atoms with van der Waals surface area (Å²) in [5.74, 6) is 0.620. The summed E-state index contributed by atoms with van der Waals surface area (Å²) in [5.41, 5.74) is 0.539. The molecule has 0 amide bonds. The van der Waals surface area contributed by atoms with E-state index in [-0.39, 0.29) is 5.15 Å². The zero-order valence-electron chi connectivity index (χ0n) is 10.3. The van der Waals surface area contributed by atoms with Crippen molar-refractivity contribution in [3.8, 4) is 11.5 Å². The molecule has 0 saturated carbocycles. The highest BCUT2D eigenvalue weighted by molar-refractivity contribution is 6.31. The third-order valence-electron chi connectivity index (χ3n) is 2.38. The topological polar surface area (TPSA) is 56.3 Å². The lowest BCUT2D eigenvalue weighted by Crippen LogP contribution is -2.01. The van der Waals surface area contributed by atoms with E-state index in [0.29, 0.717) is 23.0 Å². The van der Waals surface area contributed by atoms with Gasteiger partial charge in [-0.15, -0.1) is 0 Å². The van der Waals surface area contributed by atoms with Gasteiger partial charge in [-0.25, -0.2) is 14.4 Å². The molecule has 100 valence electrons. The van der Waals surface area contributed by atoms with Crippen LogP contribution in [0.4, 0.5) is 15.9 Å². The summed E-state index contributed by atoms with van der Waals surface area (Å²) in [5, 5.41) is 3.14. The molecule has 1 aromatic carbocycles. The standard InChI is InChI=1S/C12H11ClFN3O2/c1-18-9-5-7(14)3-4-8(9)17-12-10(19-2)11(13)15-6-16-12/h3-6H,1-2H3,(H,15,16,17). The van der Waals surface area contributed by atoms with E-state index in [2.05, 4.69) is 15.3 Å². The van der Waals surface area contributed by atoms with Crippen molar-refractivity contribution in [3.63, 3.8) is 0 Å². The molecule has 7 heteroatoms. The van der Waals surface area contributed by atoms with Crippen molar-refractivity contribution in [1.29, 1.82) is 0 Å². The van der Waals surface area contributed by atoms with Crippen molar-refractivity contribution in [2.75, 3.05) is 19.5 Å². The average molecular weight is 284 g/mol. The number of nitrogens with zero attached hydrogens (tertiary/aromatic N) is 2. The van der Waals surface area contributed by atoms with Gasteiger partial charge in [-0.2, -0.15) is 0 Å². The highest BCUT2D eigenvalue weighted by Gasteiger charge is 2.12. The van der Waals surface area contributed by atoms with Crippen LogP contribution in [0.2, 0.25) is 5.15 Å². The van der Waals surface area contributed by atoms with Gasteiger partial charge in [-0.3, -0.25) is 0 Å². The summed E-state index contributed by atoms with van der Waals surface area (Å²) < 4.78 is 23.3. The first-order chi connectivity index (χ1) is 9.15. The maximum absolute atomic E-state index is 13.1. The summed E-state index contributed by atoms with van der Waals surface area (Å²) in [6, 6.07) is 4.10. The van der Waals surface area contributed by atoms with Crippen molar-refractivity contribution in [2.45, 2.75) is 0 Å². The summed E-state index contributed by atoms with van der Waals surface area (Å²) in [4.78, 5) is 7.83. The molecule has 0 aliphatic rings. The maximum Gasteiger partial charge on any atom is 0.199 e. The molecular formula is C12H11ClFN3O2. The predicted octanol–water partition coefficient (Wildman–Crippen LogP) is 3.03. The van der Waals surface area contributed by atoms with Crippen LogP contribution in [0, 0.1) is 5.82 Å². The lowest BCUT2D eigenvalue weighted by molar-refractivity contribution is 0.410. The van der Waals surface area contributed by atoms with Gasteiger partial charge in [0.05, 0.1) is 19.9 Å². The zero-order chi connectivity index (χ0) is 13.8. The quantitative estimate of drug-likeness (QED) is 0.874. The fourth-order valence-electron chi connectivity index (χ4n) is 1.52. The number of nitrogens with one attached hydrogen (secondary N) is 1. The number of hydrogen-bond acceptors (Lipinski definition) is 5. The second-order valence-electron chi connectivity index (χ2n) is 3.52. The molecule has 0 aliphatic heterocycles. The number of ether oxygens (including phenoxy) is 2. The zero-order valence-corrected chi connectivity index (χ0v) is 11.0. The van der Waals surface area contributed by atoms with Gasteiger partial charge in [0.15, 0.2) is 16.7 Å². The van der Waals surface area contributed by atoms with Crippen LogP contribution in [0.5, 0.6) is 11.5 Å². The Morgan fingerprint density at radius 2 is 2.00 bits per heavy atom. The Labute approximate surface area is 114 Å². The van der Waals surface area contributed by atoms with E-state index in [1.165, 1.54) is 38.7 Å². The van der Waals surface area contributed by atoms with E-state index in [1.807, 2.05) is 0 Å². The minimum atomic E-state index is -0.393. The highest BCUT2D eigenvalue weighted by Crippen LogP contribution is 2.34. The fourth-order valence-corrected chi connectivity index (χ4v) is 1.73. The molecule has 0 radical (unpaired) electrons. The molecule has 1 heterocycles. The molecule has 0 fully saturated rings.